The molecule has 2 N–H and O–H groups in total. The monoisotopic (exact) mass is 296 g/mol. The number of nitrogens with one attached hydrogen (secondary N) is 2. The first-order chi connectivity index (χ1) is 7.94. The Kier molecular flexibility index (Phi) is 5.69. The molecule has 0 atom stereocenters. The van der Waals surface area contributed by atoms with Gasteiger partial charge in [-0.05, 0) is 30.8 Å². The molecular formula is C10H14Cl2N2O2S. The van der Waals surface area contributed by atoms with Gasteiger partial charge in [-0.3, -0.25) is 0 Å². The van der Waals surface area contributed by atoms with E-state index in [1.807, 2.05) is 0 Å². The van der Waals surface area contributed by atoms with Crippen LogP contribution in [0.3, 0.4) is 0 Å². The Bertz CT molecular complexity index is 477. The van der Waals surface area contributed by atoms with E-state index in [0.717, 1.165) is 5.56 Å². The lowest BCUT2D eigenvalue weighted by Gasteiger charge is -2.07. The summed E-state index contributed by atoms with van der Waals surface area (Å²) in [5.41, 5.74) is 0.848. The third-order valence-corrected chi connectivity index (χ3v) is 4.15. The molecule has 1 rings (SSSR count). The predicted molar refractivity (Wildman–Crippen MR) is 71.0 cm³/mol. The highest BCUT2D eigenvalue weighted by Crippen LogP contribution is 2.20. The van der Waals surface area contributed by atoms with Crippen molar-refractivity contribution in [2.75, 3.05) is 19.3 Å². The van der Waals surface area contributed by atoms with Gasteiger partial charge in [-0.15, -0.1) is 0 Å². The summed E-state index contributed by atoms with van der Waals surface area (Å²) in [5.74, 6) is 0.0294. The smallest absolute Gasteiger partial charge is 0.212 e. The van der Waals surface area contributed by atoms with Crippen molar-refractivity contribution < 1.29 is 8.42 Å². The van der Waals surface area contributed by atoms with Crippen molar-refractivity contribution in [3.63, 3.8) is 0 Å². The van der Waals surface area contributed by atoms with Gasteiger partial charge in [-0.1, -0.05) is 23.2 Å². The minimum absolute atomic E-state index is 0.0294. The zero-order valence-electron chi connectivity index (χ0n) is 9.33. The Balaban J connectivity index is 2.44. The highest BCUT2D eigenvalue weighted by atomic mass is 35.5. The maximum Gasteiger partial charge on any atom is 0.212 e. The largest absolute Gasteiger partial charge is 0.312 e. The highest BCUT2D eigenvalue weighted by Gasteiger charge is 2.06. The molecule has 1 aromatic rings. The van der Waals surface area contributed by atoms with Crippen LogP contribution in [0, 0.1) is 0 Å². The molecular weight excluding hydrogens is 283 g/mol. The van der Waals surface area contributed by atoms with Crippen molar-refractivity contribution >= 4 is 33.2 Å². The molecule has 96 valence electrons. The van der Waals surface area contributed by atoms with Gasteiger partial charge in [0.25, 0.3) is 0 Å². The van der Waals surface area contributed by atoms with Crippen molar-refractivity contribution in [3.8, 4) is 0 Å². The van der Waals surface area contributed by atoms with Crippen LogP contribution in [0.1, 0.15) is 5.56 Å². The molecule has 0 heterocycles. The van der Waals surface area contributed by atoms with Gasteiger partial charge in [0.05, 0.1) is 5.75 Å². The minimum Gasteiger partial charge on any atom is -0.312 e. The fourth-order valence-electron chi connectivity index (χ4n) is 1.21. The second-order valence-corrected chi connectivity index (χ2v) is 6.33. The molecule has 0 aliphatic heterocycles. The molecule has 0 bridgehead atoms. The predicted octanol–water partition coefficient (Wildman–Crippen LogP) is 1.63. The molecule has 7 heteroatoms. The van der Waals surface area contributed by atoms with E-state index in [2.05, 4.69) is 10.0 Å². The third kappa shape index (κ3) is 5.23. The molecule has 0 unspecified atom stereocenters. The molecule has 0 aromatic heterocycles. The third-order valence-electron chi connectivity index (χ3n) is 2.18. The molecule has 0 spiro atoms. The first-order valence-electron chi connectivity index (χ1n) is 5.00. The molecule has 0 saturated carbocycles. The highest BCUT2D eigenvalue weighted by molar-refractivity contribution is 7.89. The Labute approximate surface area is 111 Å². The van der Waals surface area contributed by atoms with Gasteiger partial charge in [-0.25, -0.2) is 13.1 Å². The van der Waals surface area contributed by atoms with E-state index in [0.29, 0.717) is 23.1 Å². The van der Waals surface area contributed by atoms with Crippen molar-refractivity contribution in [2.24, 2.45) is 0 Å². The molecule has 17 heavy (non-hydrogen) atoms. The van der Waals surface area contributed by atoms with E-state index in [1.54, 1.807) is 18.2 Å². The molecule has 1 aromatic carbocycles. The summed E-state index contributed by atoms with van der Waals surface area (Å²) in [6.07, 6.45) is 0. The van der Waals surface area contributed by atoms with Crippen LogP contribution in [0.4, 0.5) is 0 Å². The number of hydrogen-bond donors (Lipinski definition) is 2. The lowest BCUT2D eigenvalue weighted by molar-refractivity contribution is 0.583. The van der Waals surface area contributed by atoms with Gasteiger partial charge in [-0.2, -0.15) is 0 Å². The summed E-state index contributed by atoms with van der Waals surface area (Å²) >= 11 is 11.8. The number of rotatable bonds is 6. The van der Waals surface area contributed by atoms with Gasteiger partial charge in [0, 0.05) is 23.1 Å². The van der Waals surface area contributed by atoms with Crippen LogP contribution in [-0.2, 0) is 16.6 Å². The average molecular weight is 297 g/mol. The minimum atomic E-state index is -3.16. The van der Waals surface area contributed by atoms with E-state index >= 15 is 0 Å². The van der Waals surface area contributed by atoms with Crippen LogP contribution in [0.25, 0.3) is 0 Å². The Morgan fingerprint density at radius 2 is 2.00 bits per heavy atom. The molecule has 0 radical (unpaired) electrons. The van der Waals surface area contributed by atoms with E-state index in [-0.39, 0.29) is 5.75 Å². The summed E-state index contributed by atoms with van der Waals surface area (Å²) in [6, 6.07) is 5.17. The molecule has 4 nitrogen and oxygen atoms in total. The lowest BCUT2D eigenvalue weighted by atomic mass is 10.2. The van der Waals surface area contributed by atoms with E-state index < -0.39 is 10.0 Å². The lowest BCUT2D eigenvalue weighted by Crippen LogP contribution is -2.29. The molecule has 0 aliphatic carbocycles. The van der Waals surface area contributed by atoms with Crippen LogP contribution in [0.15, 0.2) is 18.2 Å². The van der Waals surface area contributed by atoms with Crippen LogP contribution in [-0.4, -0.2) is 27.8 Å². The Morgan fingerprint density at radius 3 is 2.65 bits per heavy atom. The van der Waals surface area contributed by atoms with E-state index in [9.17, 15) is 8.42 Å². The average Bonchev–Trinajstić information content (AvgIpc) is 2.29. The van der Waals surface area contributed by atoms with Gasteiger partial charge in [0.2, 0.25) is 10.0 Å². The molecule has 0 fully saturated rings. The number of halogens is 2. The summed E-state index contributed by atoms with van der Waals surface area (Å²) in [6.45, 7) is 0.838. The second kappa shape index (κ2) is 6.56. The maximum absolute atomic E-state index is 11.1. The van der Waals surface area contributed by atoms with Crippen molar-refractivity contribution in [2.45, 2.75) is 6.54 Å². The van der Waals surface area contributed by atoms with Gasteiger partial charge in [0.1, 0.15) is 0 Å². The summed E-state index contributed by atoms with van der Waals surface area (Å²) in [5, 5.41) is 4.21. The second-order valence-electron chi connectivity index (χ2n) is 3.44. The first kappa shape index (κ1) is 14.7. The number of benzene rings is 1. The van der Waals surface area contributed by atoms with E-state index in [1.165, 1.54) is 7.05 Å². The van der Waals surface area contributed by atoms with Gasteiger partial charge >= 0.3 is 0 Å². The number of sulfonamides is 1. The van der Waals surface area contributed by atoms with E-state index in [4.69, 9.17) is 23.2 Å². The summed E-state index contributed by atoms with van der Waals surface area (Å²) < 4.78 is 24.5. The standard InChI is InChI=1S/C10H14Cl2N2O2S/c1-13-17(15,16)5-4-14-7-8-6-9(11)2-3-10(8)12/h2-3,6,13-14H,4-5,7H2,1H3. The Hall–Kier alpha value is -0.330. The van der Waals surface area contributed by atoms with Crippen LogP contribution in [0.2, 0.25) is 10.0 Å². The van der Waals surface area contributed by atoms with Gasteiger partial charge < -0.3 is 5.32 Å². The normalized spacial score (nSPS) is 11.7. The molecule has 0 saturated heterocycles. The quantitative estimate of drug-likeness (QED) is 0.785. The zero-order chi connectivity index (χ0) is 12.9. The first-order valence-corrected chi connectivity index (χ1v) is 7.41. The van der Waals surface area contributed by atoms with Crippen molar-refractivity contribution in [1.29, 1.82) is 0 Å². The molecule has 0 aliphatic rings. The van der Waals surface area contributed by atoms with Crippen molar-refractivity contribution in [1.82, 2.24) is 10.0 Å². The number of hydrogen-bond acceptors (Lipinski definition) is 3. The van der Waals surface area contributed by atoms with Gasteiger partial charge in [0.15, 0.2) is 0 Å². The fourth-order valence-corrected chi connectivity index (χ4v) is 2.21. The topological polar surface area (TPSA) is 58.2 Å². The SMILES string of the molecule is CNS(=O)(=O)CCNCc1cc(Cl)ccc1Cl. The van der Waals surface area contributed by atoms with Crippen molar-refractivity contribution in [3.05, 3.63) is 33.8 Å². The summed E-state index contributed by atoms with van der Waals surface area (Å²) in [7, 11) is -1.77. The fraction of sp³-hybridized carbons (Fsp3) is 0.400. The van der Waals surface area contributed by atoms with Crippen LogP contribution in [0.5, 0.6) is 0 Å². The van der Waals surface area contributed by atoms with Crippen LogP contribution < -0.4 is 10.0 Å². The summed E-state index contributed by atoms with van der Waals surface area (Å²) in [4.78, 5) is 0. The van der Waals surface area contributed by atoms with Crippen LogP contribution >= 0.6 is 23.2 Å². The Morgan fingerprint density at radius 1 is 1.29 bits per heavy atom. The molecule has 0 amide bonds. The zero-order valence-corrected chi connectivity index (χ0v) is 11.7. The maximum atomic E-state index is 11.1.